The molecular formula is C16H12F2N4O4S2. The first-order chi connectivity index (χ1) is 13.2. The lowest BCUT2D eigenvalue weighted by Gasteiger charge is -2.10. The first-order valence-corrected chi connectivity index (χ1v) is 10.5. The molecule has 3 aromatic rings. The van der Waals surface area contributed by atoms with Gasteiger partial charge in [-0.15, -0.1) is 0 Å². The fourth-order valence-corrected chi connectivity index (χ4v) is 4.12. The summed E-state index contributed by atoms with van der Waals surface area (Å²) in [6, 6.07) is 8.39. The van der Waals surface area contributed by atoms with Gasteiger partial charge in [0.25, 0.3) is 20.0 Å². The van der Waals surface area contributed by atoms with Gasteiger partial charge in [-0.25, -0.2) is 40.3 Å². The van der Waals surface area contributed by atoms with E-state index in [1.165, 1.54) is 30.6 Å². The number of halogens is 2. The molecule has 0 radical (unpaired) electrons. The van der Waals surface area contributed by atoms with Crippen LogP contribution in [0.2, 0.25) is 0 Å². The highest BCUT2D eigenvalue weighted by Crippen LogP contribution is 2.20. The highest BCUT2D eigenvalue weighted by atomic mass is 32.2. The molecule has 0 fully saturated rings. The summed E-state index contributed by atoms with van der Waals surface area (Å²) in [6.45, 7) is 0. The van der Waals surface area contributed by atoms with Gasteiger partial charge in [-0.2, -0.15) is 0 Å². The summed E-state index contributed by atoms with van der Waals surface area (Å²) >= 11 is 0. The Balaban J connectivity index is 1.79. The first kappa shape index (κ1) is 19.6. The Hall–Kier alpha value is -3.12. The quantitative estimate of drug-likeness (QED) is 0.625. The Morgan fingerprint density at radius 2 is 1.29 bits per heavy atom. The van der Waals surface area contributed by atoms with Gasteiger partial charge < -0.3 is 0 Å². The Morgan fingerprint density at radius 3 is 1.89 bits per heavy atom. The van der Waals surface area contributed by atoms with Gasteiger partial charge in [0.2, 0.25) is 5.95 Å². The van der Waals surface area contributed by atoms with E-state index in [4.69, 9.17) is 0 Å². The molecule has 0 bridgehead atoms. The predicted octanol–water partition coefficient (Wildman–Crippen LogP) is 2.36. The highest BCUT2D eigenvalue weighted by Gasteiger charge is 2.18. The van der Waals surface area contributed by atoms with Crippen LogP contribution >= 0.6 is 0 Å². The average Bonchev–Trinajstić information content (AvgIpc) is 2.64. The van der Waals surface area contributed by atoms with Crippen molar-refractivity contribution < 1.29 is 25.6 Å². The van der Waals surface area contributed by atoms with Gasteiger partial charge in [-0.3, -0.25) is 4.72 Å². The second-order valence-corrected chi connectivity index (χ2v) is 8.75. The van der Waals surface area contributed by atoms with E-state index < -0.39 is 36.6 Å². The third-order valence-electron chi connectivity index (χ3n) is 3.41. The number of aromatic nitrogens is 2. The minimum atomic E-state index is -4.19. The molecule has 1 aromatic heterocycles. The van der Waals surface area contributed by atoms with Crippen LogP contribution in [0.15, 0.2) is 70.7 Å². The number of hydrogen-bond acceptors (Lipinski definition) is 6. The molecule has 12 heteroatoms. The molecule has 0 aliphatic heterocycles. The normalized spacial score (nSPS) is 11.8. The van der Waals surface area contributed by atoms with Crippen LogP contribution in [0.3, 0.4) is 0 Å². The van der Waals surface area contributed by atoms with E-state index in [1.807, 2.05) is 0 Å². The van der Waals surface area contributed by atoms with Crippen molar-refractivity contribution in [1.29, 1.82) is 0 Å². The van der Waals surface area contributed by atoms with Crippen molar-refractivity contribution in [3.8, 4) is 0 Å². The maximum Gasteiger partial charge on any atom is 0.264 e. The minimum Gasteiger partial charge on any atom is -0.280 e. The lowest BCUT2D eigenvalue weighted by Crippen LogP contribution is -2.16. The van der Waals surface area contributed by atoms with Gasteiger partial charge in [0, 0.05) is 18.1 Å². The summed E-state index contributed by atoms with van der Waals surface area (Å²) in [4.78, 5) is 6.87. The summed E-state index contributed by atoms with van der Waals surface area (Å²) in [7, 11) is -8.17. The summed E-state index contributed by atoms with van der Waals surface area (Å²) in [6.07, 6.45) is 2.72. The molecule has 0 aliphatic carbocycles. The van der Waals surface area contributed by atoms with Crippen LogP contribution in [0.5, 0.6) is 0 Å². The van der Waals surface area contributed by atoms with E-state index in [9.17, 15) is 25.6 Å². The number of hydrogen-bond donors (Lipinski definition) is 2. The van der Waals surface area contributed by atoms with Crippen molar-refractivity contribution in [2.45, 2.75) is 9.79 Å². The van der Waals surface area contributed by atoms with Crippen LogP contribution in [0.1, 0.15) is 0 Å². The van der Waals surface area contributed by atoms with E-state index in [0.717, 1.165) is 18.2 Å². The molecule has 2 aromatic carbocycles. The summed E-state index contributed by atoms with van der Waals surface area (Å²) in [5, 5.41) is 0. The average molecular weight is 426 g/mol. The van der Waals surface area contributed by atoms with Gasteiger partial charge in [0.15, 0.2) is 11.6 Å². The van der Waals surface area contributed by atoms with E-state index >= 15 is 0 Å². The largest absolute Gasteiger partial charge is 0.280 e. The number of nitrogens with zero attached hydrogens (tertiary/aromatic N) is 2. The van der Waals surface area contributed by atoms with Crippen molar-refractivity contribution >= 4 is 31.7 Å². The van der Waals surface area contributed by atoms with Gasteiger partial charge in [0.1, 0.15) is 0 Å². The molecule has 3 rings (SSSR count). The molecule has 0 unspecified atom stereocenters. The van der Waals surface area contributed by atoms with Crippen LogP contribution in [-0.2, 0) is 20.0 Å². The second kappa shape index (κ2) is 7.48. The fraction of sp³-hybridized carbons (Fsp3) is 0. The maximum atomic E-state index is 13.3. The first-order valence-electron chi connectivity index (χ1n) is 7.55. The molecule has 2 N–H and O–H groups in total. The van der Waals surface area contributed by atoms with Gasteiger partial charge >= 0.3 is 0 Å². The fourth-order valence-electron chi connectivity index (χ4n) is 2.09. The van der Waals surface area contributed by atoms with Gasteiger partial charge in [-0.1, -0.05) is 0 Å². The molecule has 0 atom stereocenters. The molecule has 146 valence electrons. The summed E-state index contributed by atoms with van der Waals surface area (Å²) in [5.74, 6) is -2.60. The number of sulfonamides is 2. The smallest absolute Gasteiger partial charge is 0.264 e. The van der Waals surface area contributed by atoms with Crippen LogP contribution < -0.4 is 9.44 Å². The van der Waals surface area contributed by atoms with Crippen molar-refractivity contribution in [3.63, 3.8) is 0 Å². The van der Waals surface area contributed by atoms with E-state index in [-0.39, 0.29) is 16.5 Å². The molecule has 28 heavy (non-hydrogen) atoms. The zero-order chi connectivity index (χ0) is 20.4. The van der Waals surface area contributed by atoms with Crippen molar-refractivity contribution in [1.82, 2.24) is 9.97 Å². The Labute approximate surface area is 159 Å². The predicted molar refractivity (Wildman–Crippen MR) is 96.4 cm³/mol. The van der Waals surface area contributed by atoms with E-state index in [2.05, 4.69) is 19.4 Å². The Morgan fingerprint density at radius 1 is 0.714 bits per heavy atom. The minimum absolute atomic E-state index is 0.0274. The zero-order valence-corrected chi connectivity index (χ0v) is 15.5. The number of nitrogens with one attached hydrogen (secondary N) is 2. The molecule has 0 saturated heterocycles. The zero-order valence-electron chi connectivity index (χ0n) is 13.9. The Bertz CT molecular complexity index is 1200. The van der Waals surface area contributed by atoms with Crippen LogP contribution in [0.25, 0.3) is 0 Å². The highest BCUT2D eigenvalue weighted by molar-refractivity contribution is 7.93. The summed E-state index contributed by atoms with van der Waals surface area (Å²) in [5.41, 5.74) is 0.0274. The molecule has 0 aliphatic rings. The number of benzene rings is 2. The molecule has 1 heterocycles. The topological polar surface area (TPSA) is 118 Å². The Kier molecular flexibility index (Phi) is 5.25. The monoisotopic (exact) mass is 426 g/mol. The standard InChI is InChI=1S/C16H12F2N4O4S2/c17-14-7-6-13(10-15(14)18)28(25,26)21-11-2-4-12(5-3-11)27(23,24)22-16-19-8-1-9-20-16/h1-10,21H,(H,19,20,22). The third kappa shape index (κ3) is 4.40. The van der Waals surface area contributed by atoms with Gasteiger partial charge in [-0.05, 0) is 48.5 Å². The van der Waals surface area contributed by atoms with Gasteiger partial charge in [0.05, 0.1) is 9.79 Å². The van der Waals surface area contributed by atoms with Crippen LogP contribution in [-0.4, -0.2) is 26.8 Å². The van der Waals surface area contributed by atoms with Crippen molar-refractivity contribution in [3.05, 3.63) is 72.6 Å². The maximum absolute atomic E-state index is 13.3. The van der Waals surface area contributed by atoms with Crippen LogP contribution in [0, 0.1) is 11.6 Å². The lowest BCUT2D eigenvalue weighted by molar-refractivity contribution is 0.504. The van der Waals surface area contributed by atoms with Crippen molar-refractivity contribution in [2.75, 3.05) is 9.44 Å². The summed E-state index contributed by atoms with van der Waals surface area (Å²) < 4.78 is 79.6. The number of rotatable bonds is 6. The third-order valence-corrected chi connectivity index (χ3v) is 6.13. The van der Waals surface area contributed by atoms with E-state index in [1.54, 1.807) is 0 Å². The lowest BCUT2D eigenvalue weighted by atomic mass is 10.3. The molecule has 0 amide bonds. The molecular weight excluding hydrogens is 414 g/mol. The SMILES string of the molecule is O=S(=O)(Nc1ccc(S(=O)(=O)Nc2ncccn2)cc1)c1ccc(F)c(F)c1. The number of anilines is 2. The second-order valence-electron chi connectivity index (χ2n) is 5.38. The molecule has 0 saturated carbocycles. The van der Waals surface area contributed by atoms with E-state index in [0.29, 0.717) is 12.1 Å². The van der Waals surface area contributed by atoms with Crippen molar-refractivity contribution in [2.24, 2.45) is 0 Å². The molecule has 8 nitrogen and oxygen atoms in total. The molecule has 0 spiro atoms. The van der Waals surface area contributed by atoms with Crippen LogP contribution in [0.4, 0.5) is 20.4 Å².